The Kier molecular flexibility index (Phi) is 5.88. The highest BCUT2D eigenvalue weighted by atomic mass is 35.5. The van der Waals surface area contributed by atoms with Gasteiger partial charge < -0.3 is 25.2 Å². The van der Waals surface area contributed by atoms with E-state index in [1.165, 1.54) is 0 Å². The molecule has 0 bridgehead atoms. The summed E-state index contributed by atoms with van der Waals surface area (Å²) < 4.78 is 5.52. The van der Waals surface area contributed by atoms with E-state index < -0.39 is 23.9 Å². The number of likely N-dealkylation sites (N-methyl/N-ethyl adjacent to an activating group) is 1. The Labute approximate surface area is 163 Å². The van der Waals surface area contributed by atoms with Crippen molar-refractivity contribution in [2.45, 2.75) is 36.7 Å². The third kappa shape index (κ3) is 4.17. The summed E-state index contributed by atoms with van der Waals surface area (Å²) >= 11 is 5.95. The Hall–Kier alpha value is -1.51. The fraction of sp³-hybridized carbons (Fsp3) is 0.400. The number of ether oxygens (including phenoxy) is 1. The fourth-order valence-corrected chi connectivity index (χ4v) is 3.61. The van der Waals surface area contributed by atoms with Crippen molar-refractivity contribution in [3.8, 4) is 0 Å². The minimum absolute atomic E-state index is 0.409. The second-order valence-electron chi connectivity index (χ2n) is 6.93. The van der Waals surface area contributed by atoms with Crippen LogP contribution in [0.1, 0.15) is 30.1 Å². The molecule has 0 radical (unpaired) electrons. The topological polar surface area (TPSA) is 93.4 Å². The average Bonchev–Trinajstić information content (AvgIpc) is 3.08. The van der Waals surface area contributed by atoms with Gasteiger partial charge in [0, 0.05) is 5.02 Å². The molecule has 146 valence electrons. The van der Waals surface area contributed by atoms with Gasteiger partial charge in [0.2, 0.25) is 0 Å². The highest BCUT2D eigenvalue weighted by molar-refractivity contribution is 6.30. The molecule has 0 aliphatic carbocycles. The van der Waals surface area contributed by atoms with Gasteiger partial charge in [0.05, 0.1) is 6.04 Å². The maximum absolute atomic E-state index is 10.6. The molecule has 0 amide bonds. The summed E-state index contributed by atoms with van der Waals surface area (Å²) in [6.45, 7) is 0.628. The Balaban J connectivity index is 1.94. The van der Waals surface area contributed by atoms with Crippen molar-refractivity contribution in [2.75, 3.05) is 13.6 Å². The zero-order valence-electron chi connectivity index (χ0n) is 15.0. The molecular formula is C20H24ClNO5. The maximum atomic E-state index is 10.6. The van der Waals surface area contributed by atoms with Crippen molar-refractivity contribution in [1.82, 2.24) is 4.90 Å². The third-order valence-corrected chi connectivity index (χ3v) is 5.27. The van der Waals surface area contributed by atoms with Gasteiger partial charge in [0.15, 0.2) is 0 Å². The van der Waals surface area contributed by atoms with Crippen LogP contribution in [0.3, 0.4) is 0 Å². The Morgan fingerprint density at radius 3 is 2.15 bits per heavy atom. The van der Waals surface area contributed by atoms with E-state index in [9.17, 15) is 20.4 Å². The lowest BCUT2D eigenvalue weighted by molar-refractivity contribution is -0.476. The summed E-state index contributed by atoms with van der Waals surface area (Å²) in [7, 11) is 1.70. The lowest BCUT2D eigenvalue weighted by Gasteiger charge is -2.42. The first-order valence-electron chi connectivity index (χ1n) is 8.80. The van der Waals surface area contributed by atoms with E-state index in [1.807, 2.05) is 6.07 Å². The summed E-state index contributed by atoms with van der Waals surface area (Å²) in [5.41, 5.74) is 1.22. The van der Waals surface area contributed by atoms with Gasteiger partial charge in [-0.2, -0.15) is 0 Å². The number of hydrogen-bond acceptors (Lipinski definition) is 6. The van der Waals surface area contributed by atoms with Gasteiger partial charge in [-0.1, -0.05) is 54.1 Å². The predicted octanol–water partition coefficient (Wildman–Crippen LogP) is 1.86. The molecule has 1 fully saturated rings. The fourth-order valence-electron chi connectivity index (χ4n) is 3.48. The number of halogens is 1. The summed E-state index contributed by atoms with van der Waals surface area (Å²) in [5, 5.41) is 42.8. The van der Waals surface area contributed by atoms with E-state index in [0.29, 0.717) is 29.1 Å². The Morgan fingerprint density at radius 2 is 1.59 bits per heavy atom. The van der Waals surface area contributed by atoms with Crippen LogP contribution in [0.2, 0.25) is 5.02 Å². The molecule has 4 N–H and O–H groups in total. The molecule has 0 aromatic heterocycles. The molecule has 1 saturated heterocycles. The molecule has 0 spiro atoms. The number of rotatable bonds is 6. The normalized spacial score (nSPS) is 20.0. The van der Waals surface area contributed by atoms with Gasteiger partial charge in [0.25, 0.3) is 5.79 Å². The zero-order chi connectivity index (χ0) is 19.7. The summed E-state index contributed by atoms with van der Waals surface area (Å²) in [6, 6.07) is 14.7. The summed E-state index contributed by atoms with van der Waals surface area (Å²) in [4.78, 5) is 1.67. The summed E-state index contributed by atoms with van der Waals surface area (Å²) in [6.07, 6.45) is 0.190. The number of nitrogens with zero attached hydrogens (tertiary/aromatic N) is 1. The van der Waals surface area contributed by atoms with E-state index >= 15 is 0 Å². The van der Waals surface area contributed by atoms with Crippen molar-refractivity contribution in [1.29, 1.82) is 0 Å². The highest BCUT2D eigenvalue weighted by Gasteiger charge is 2.57. The van der Waals surface area contributed by atoms with Gasteiger partial charge in [0.1, 0.15) is 6.10 Å². The van der Waals surface area contributed by atoms with Crippen molar-refractivity contribution in [3.63, 3.8) is 0 Å². The van der Waals surface area contributed by atoms with Gasteiger partial charge in [-0.25, -0.2) is 0 Å². The molecule has 1 heterocycles. The monoisotopic (exact) mass is 393 g/mol. The van der Waals surface area contributed by atoms with Gasteiger partial charge in [-0.15, -0.1) is 0 Å². The van der Waals surface area contributed by atoms with Crippen LogP contribution in [-0.4, -0.2) is 56.7 Å². The molecule has 7 heteroatoms. The molecule has 2 unspecified atom stereocenters. The maximum Gasteiger partial charge on any atom is 0.337 e. The van der Waals surface area contributed by atoms with Crippen molar-refractivity contribution < 1.29 is 25.2 Å². The molecule has 1 aliphatic heterocycles. The first-order valence-corrected chi connectivity index (χ1v) is 9.18. The molecule has 2 aromatic carbocycles. The van der Waals surface area contributed by atoms with Gasteiger partial charge >= 0.3 is 5.97 Å². The number of aliphatic hydroxyl groups is 4. The van der Waals surface area contributed by atoms with E-state index in [4.69, 9.17) is 16.3 Å². The quantitative estimate of drug-likeness (QED) is 0.560. The standard InChI is InChI=1S/C20H24ClNO5/c1-22-13-5-8-17(22)19(23,24)20(25,26)27-18(14-6-3-2-4-7-14)15-9-11-16(21)12-10-15/h2-4,6-7,9-12,17-18,23-26H,5,8,13H2,1H3. The molecule has 0 saturated carbocycles. The van der Waals surface area contributed by atoms with Gasteiger partial charge in [-0.3, -0.25) is 4.90 Å². The molecule has 27 heavy (non-hydrogen) atoms. The average molecular weight is 394 g/mol. The van der Waals surface area contributed by atoms with Crippen LogP contribution in [0.4, 0.5) is 0 Å². The largest absolute Gasteiger partial charge is 0.358 e. The van der Waals surface area contributed by atoms with Crippen LogP contribution < -0.4 is 0 Å². The van der Waals surface area contributed by atoms with Crippen LogP contribution in [0.25, 0.3) is 0 Å². The van der Waals surface area contributed by atoms with Crippen LogP contribution in [0.5, 0.6) is 0 Å². The van der Waals surface area contributed by atoms with Crippen LogP contribution in [0.15, 0.2) is 54.6 Å². The molecule has 2 atom stereocenters. The van der Waals surface area contributed by atoms with Gasteiger partial charge in [-0.05, 0) is 49.7 Å². The number of benzene rings is 2. The third-order valence-electron chi connectivity index (χ3n) is 5.02. The second-order valence-corrected chi connectivity index (χ2v) is 7.37. The molecule has 2 aromatic rings. The SMILES string of the molecule is CN1CCCC1C(O)(O)C(O)(O)OC(c1ccccc1)c1ccc(Cl)cc1. The summed E-state index contributed by atoms with van der Waals surface area (Å²) in [5.74, 6) is -6.08. The van der Waals surface area contributed by atoms with Crippen LogP contribution in [0, 0.1) is 0 Å². The lowest BCUT2D eigenvalue weighted by atomic mass is 9.99. The zero-order valence-corrected chi connectivity index (χ0v) is 15.8. The number of hydrogen-bond donors (Lipinski definition) is 4. The predicted molar refractivity (Wildman–Crippen MR) is 101 cm³/mol. The van der Waals surface area contributed by atoms with Crippen molar-refractivity contribution in [2.24, 2.45) is 0 Å². The Bertz CT molecular complexity index is 751. The molecular weight excluding hydrogens is 370 g/mol. The minimum Gasteiger partial charge on any atom is -0.358 e. The minimum atomic E-state index is -3.20. The molecule has 1 aliphatic rings. The van der Waals surface area contributed by atoms with E-state index in [-0.39, 0.29) is 0 Å². The van der Waals surface area contributed by atoms with E-state index in [0.717, 1.165) is 6.42 Å². The molecule has 3 rings (SSSR count). The smallest absolute Gasteiger partial charge is 0.337 e. The highest BCUT2D eigenvalue weighted by Crippen LogP contribution is 2.37. The van der Waals surface area contributed by atoms with Crippen molar-refractivity contribution in [3.05, 3.63) is 70.7 Å². The Morgan fingerprint density at radius 1 is 1.00 bits per heavy atom. The van der Waals surface area contributed by atoms with Crippen LogP contribution >= 0.6 is 11.6 Å². The first kappa shape index (κ1) is 20.2. The lowest BCUT2D eigenvalue weighted by Crippen LogP contribution is -2.65. The first-order chi connectivity index (χ1) is 12.7. The number of likely N-dealkylation sites (tertiary alicyclic amines) is 1. The van der Waals surface area contributed by atoms with Crippen molar-refractivity contribution >= 4 is 11.6 Å². The van der Waals surface area contributed by atoms with E-state index in [2.05, 4.69) is 0 Å². The van der Waals surface area contributed by atoms with E-state index in [1.54, 1.807) is 60.5 Å². The molecule has 6 nitrogen and oxygen atoms in total. The second kappa shape index (κ2) is 7.85. The van der Waals surface area contributed by atoms with Crippen LogP contribution in [-0.2, 0) is 4.74 Å².